The van der Waals surface area contributed by atoms with Crippen LogP contribution < -0.4 is 0 Å². The highest BCUT2D eigenvalue weighted by molar-refractivity contribution is 5.68. The molecule has 0 aliphatic heterocycles. The van der Waals surface area contributed by atoms with Gasteiger partial charge in [0, 0.05) is 6.42 Å². The molecule has 1 rings (SSSR count). The molecular weight excluding hydrogens is 102 g/mol. The topological polar surface area (TPSA) is 17.1 Å². The van der Waals surface area contributed by atoms with E-state index >= 15 is 0 Å². The summed E-state index contributed by atoms with van der Waals surface area (Å²) >= 11 is 0. The van der Waals surface area contributed by atoms with Gasteiger partial charge in [0.15, 0.2) is 12.0 Å². The van der Waals surface area contributed by atoms with Gasteiger partial charge in [0.05, 0.1) is 0 Å². The van der Waals surface area contributed by atoms with Crippen LogP contribution in [0, 0.1) is 0 Å². The lowest BCUT2D eigenvalue weighted by atomic mass is 10.4. The van der Waals surface area contributed by atoms with E-state index in [-0.39, 0.29) is 12.7 Å². The fourth-order valence-electron chi connectivity index (χ4n) is 0.338. The van der Waals surface area contributed by atoms with Crippen LogP contribution in [-0.2, 0) is 4.79 Å². The summed E-state index contributed by atoms with van der Waals surface area (Å²) in [5, 5.41) is 0. The van der Waals surface area contributed by atoms with Crippen molar-refractivity contribution in [1.29, 1.82) is 0 Å². The van der Waals surface area contributed by atoms with Crippen LogP contribution >= 0.6 is 0 Å². The fraction of sp³-hybridized carbons (Fsp3) is 0.750. The zero-order valence-corrected chi connectivity index (χ0v) is 3.53. The number of halogens is 2. The van der Waals surface area contributed by atoms with E-state index in [0.717, 1.165) is 0 Å². The van der Waals surface area contributed by atoms with Gasteiger partial charge in [-0.1, -0.05) is 0 Å². The molecule has 0 aromatic carbocycles. The zero-order chi connectivity index (χ0) is 5.49. The summed E-state index contributed by atoms with van der Waals surface area (Å²) in [6.45, 7) is 0. The first-order valence-corrected chi connectivity index (χ1v) is 1.98. The highest BCUT2D eigenvalue weighted by Crippen LogP contribution is 2.40. The van der Waals surface area contributed by atoms with Crippen LogP contribution in [0.2, 0.25) is 0 Å². The van der Waals surface area contributed by atoms with Crippen LogP contribution in [0.5, 0.6) is 0 Å². The molecule has 0 aromatic rings. The van der Waals surface area contributed by atoms with E-state index in [1.54, 1.807) is 0 Å². The van der Waals surface area contributed by atoms with Crippen LogP contribution in [-0.4, -0.2) is 18.1 Å². The normalized spacial score (nSPS) is 48.6. The van der Waals surface area contributed by atoms with Gasteiger partial charge in [0.1, 0.15) is 6.17 Å². The number of rotatable bonds is 1. The monoisotopic (exact) mass is 106 g/mol. The van der Waals surface area contributed by atoms with Gasteiger partial charge in [-0.25, -0.2) is 8.78 Å². The SMILES string of the molecule is O=CC1(F)CC1F. The molecule has 2 unspecified atom stereocenters. The molecule has 0 saturated heterocycles. The van der Waals surface area contributed by atoms with Crippen LogP contribution in [0.25, 0.3) is 0 Å². The van der Waals surface area contributed by atoms with Gasteiger partial charge in [0.25, 0.3) is 0 Å². The molecule has 0 heterocycles. The average Bonchev–Trinajstić information content (AvgIpc) is 2.18. The Morgan fingerprint density at radius 2 is 2.29 bits per heavy atom. The molecule has 1 nitrogen and oxygen atoms in total. The highest BCUT2D eigenvalue weighted by atomic mass is 19.2. The second-order valence-corrected chi connectivity index (χ2v) is 1.72. The van der Waals surface area contributed by atoms with Crippen molar-refractivity contribution >= 4 is 6.29 Å². The molecule has 0 aromatic heterocycles. The number of aldehydes is 1. The van der Waals surface area contributed by atoms with Crippen molar-refractivity contribution in [2.24, 2.45) is 0 Å². The second-order valence-electron chi connectivity index (χ2n) is 1.72. The molecule has 40 valence electrons. The Bertz CT molecular complexity index is 104. The van der Waals surface area contributed by atoms with E-state index in [4.69, 9.17) is 0 Å². The minimum Gasteiger partial charge on any atom is -0.300 e. The Balaban J connectivity index is 2.51. The van der Waals surface area contributed by atoms with Crippen LogP contribution in [0.4, 0.5) is 8.78 Å². The predicted molar refractivity (Wildman–Crippen MR) is 19.4 cm³/mol. The van der Waals surface area contributed by atoms with Gasteiger partial charge in [-0.3, -0.25) is 4.79 Å². The number of carbonyl (C=O) groups excluding carboxylic acids is 1. The van der Waals surface area contributed by atoms with Gasteiger partial charge in [0.2, 0.25) is 0 Å². The number of hydrogen-bond donors (Lipinski definition) is 0. The molecule has 1 saturated carbocycles. The first kappa shape index (κ1) is 4.68. The van der Waals surface area contributed by atoms with Crippen molar-refractivity contribution in [2.75, 3.05) is 0 Å². The van der Waals surface area contributed by atoms with E-state index in [9.17, 15) is 13.6 Å². The molecule has 0 amide bonds. The summed E-state index contributed by atoms with van der Waals surface area (Å²) in [5.74, 6) is 0. The maximum atomic E-state index is 11.9. The van der Waals surface area contributed by atoms with Crippen LogP contribution in [0.3, 0.4) is 0 Å². The first-order chi connectivity index (χ1) is 3.19. The van der Waals surface area contributed by atoms with Crippen molar-refractivity contribution in [2.45, 2.75) is 18.3 Å². The fourth-order valence-corrected chi connectivity index (χ4v) is 0.338. The molecule has 0 N–H and O–H groups in total. The largest absolute Gasteiger partial charge is 0.300 e. The molecule has 0 bridgehead atoms. The van der Waals surface area contributed by atoms with Gasteiger partial charge in [-0.2, -0.15) is 0 Å². The summed E-state index contributed by atoms with van der Waals surface area (Å²) in [6.07, 6.45) is -1.74. The van der Waals surface area contributed by atoms with Crippen molar-refractivity contribution < 1.29 is 13.6 Å². The molecule has 2 atom stereocenters. The standard InChI is InChI=1S/C4H4F2O/c5-3-1-4(3,6)2-7/h2-3H,1H2. The number of carbonyl (C=O) groups is 1. The van der Waals surface area contributed by atoms with Gasteiger partial charge >= 0.3 is 0 Å². The van der Waals surface area contributed by atoms with Crippen molar-refractivity contribution in [3.05, 3.63) is 0 Å². The molecule has 1 aliphatic carbocycles. The van der Waals surface area contributed by atoms with E-state index in [1.807, 2.05) is 0 Å². The quantitative estimate of drug-likeness (QED) is 0.448. The maximum absolute atomic E-state index is 11.9. The third-order valence-electron chi connectivity index (χ3n) is 1.05. The second kappa shape index (κ2) is 1.02. The minimum atomic E-state index is -2.10. The van der Waals surface area contributed by atoms with Crippen molar-refractivity contribution in [1.82, 2.24) is 0 Å². The Labute approximate surface area is 39.3 Å². The third-order valence-corrected chi connectivity index (χ3v) is 1.05. The minimum absolute atomic E-state index is 0.0255. The Morgan fingerprint density at radius 1 is 1.86 bits per heavy atom. The summed E-state index contributed by atoms with van der Waals surface area (Å²) < 4.78 is 23.4. The van der Waals surface area contributed by atoms with Gasteiger partial charge in [-0.15, -0.1) is 0 Å². The predicted octanol–water partition coefficient (Wildman–Crippen LogP) is 0.635. The first-order valence-electron chi connectivity index (χ1n) is 1.98. The Hall–Kier alpha value is -0.470. The average molecular weight is 106 g/mol. The van der Waals surface area contributed by atoms with E-state index in [1.165, 1.54) is 0 Å². The van der Waals surface area contributed by atoms with Crippen LogP contribution in [0.15, 0.2) is 0 Å². The lowest BCUT2D eigenvalue weighted by Gasteiger charge is -1.83. The summed E-state index contributed by atoms with van der Waals surface area (Å²) in [7, 11) is 0. The van der Waals surface area contributed by atoms with Gasteiger partial charge < -0.3 is 0 Å². The molecular formula is C4H4F2O. The molecule has 7 heavy (non-hydrogen) atoms. The van der Waals surface area contributed by atoms with Crippen molar-refractivity contribution in [3.8, 4) is 0 Å². The summed E-state index contributed by atoms with van der Waals surface area (Å²) in [4.78, 5) is 9.48. The summed E-state index contributed by atoms with van der Waals surface area (Å²) in [6, 6.07) is 0. The zero-order valence-electron chi connectivity index (χ0n) is 3.53. The number of hydrogen-bond acceptors (Lipinski definition) is 1. The lowest BCUT2D eigenvalue weighted by molar-refractivity contribution is -0.113. The van der Waals surface area contributed by atoms with E-state index < -0.39 is 11.8 Å². The summed E-state index contributed by atoms with van der Waals surface area (Å²) in [5.41, 5.74) is -2.10. The van der Waals surface area contributed by atoms with Crippen molar-refractivity contribution in [3.63, 3.8) is 0 Å². The lowest BCUT2D eigenvalue weighted by Crippen LogP contribution is -2.04. The molecule has 0 radical (unpaired) electrons. The van der Waals surface area contributed by atoms with Gasteiger partial charge in [-0.05, 0) is 0 Å². The van der Waals surface area contributed by atoms with E-state index in [0.29, 0.717) is 0 Å². The smallest absolute Gasteiger partial charge is 0.199 e. The molecule has 1 aliphatic rings. The Kier molecular flexibility index (Phi) is 0.685. The highest BCUT2D eigenvalue weighted by Gasteiger charge is 2.57. The molecule has 3 heteroatoms. The molecule has 0 spiro atoms. The maximum Gasteiger partial charge on any atom is 0.199 e. The third kappa shape index (κ3) is 0.518. The molecule has 1 fully saturated rings. The van der Waals surface area contributed by atoms with E-state index in [2.05, 4.69) is 0 Å². The Morgan fingerprint density at radius 3 is 2.29 bits per heavy atom. The van der Waals surface area contributed by atoms with Crippen LogP contribution in [0.1, 0.15) is 6.42 Å². The number of alkyl halides is 2.